The van der Waals surface area contributed by atoms with Crippen molar-refractivity contribution in [2.75, 3.05) is 104 Å². The van der Waals surface area contributed by atoms with Gasteiger partial charge in [0.1, 0.15) is 8.42 Å². The van der Waals surface area contributed by atoms with Gasteiger partial charge in [-0.15, -0.1) is 22.7 Å². The fourth-order valence-electron chi connectivity index (χ4n) is 12.2. The van der Waals surface area contributed by atoms with Crippen LogP contribution in [0.3, 0.4) is 0 Å². The second-order valence-electron chi connectivity index (χ2n) is 21.3. The summed E-state index contributed by atoms with van der Waals surface area (Å²) in [6.45, 7) is 6.86. The van der Waals surface area contributed by atoms with Gasteiger partial charge in [-0.05, 0) is 121 Å². The Bertz CT molecular complexity index is 3580. The van der Waals surface area contributed by atoms with Gasteiger partial charge in [0.25, 0.3) is 23.6 Å². The van der Waals surface area contributed by atoms with Crippen molar-refractivity contribution in [3.63, 3.8) is 0 Å². The van der Waals surface area contributed by atoms with E-state index in [1.54, 1.807) is 78.5 Å². The minimum atomic E-state index is -3.64. The van der Waals surface area contributed by atoms with Crippen molar-refractivity contribution in [1.29, 1.82) is 0 Å². The summed E-state index contributed by atoms with van der Waals surface area (Å²) in [5.41, 5.74) is 4.60. The number of amides is 4. The molecule has 2 saturated heterocycles. The fraction of sp³-hybridized carbons (Fsp3) is 0.410. The van der Waals surface area contributed by atoms with E-state index in [0.29, 0.717) is 88.1 Å². The summed E-state index contributed by atoms with van der Waals surface area (Å²) in [4.78, 5) is 65.7. The number of thiophene rings is 2. The van der Waals surface area contributed by atoms with Crippen LogP contribution < -0.4 is 43.5 Å². The number of nitrogens with zero attached hydrogens (tertiary/aromatic N) is 5. The second-order valence-corrected chi connectivity index (χ2v) is 27.1. The Kier molecular flexibility index (Phi) is 19.6. The van der Waals surface area contributed by atoms with Crippen molar-refractivity contribution in [3.05, 3.63) is 141 Å². The van der Waals surface area contributed by atoms with E-state index in [2.05, 4.69) is 29.5 Å². The van der Waals surface area contributed by atoms with Crippen LogP contribution in [-0.2, 0) is 20.0 Å². The maximum absolute atomic E-state index is 14.3. The number of rotatable bonds is 23. The predicted molar refractivity (Wildman–Crippen MR) is 327 cm³/mol. The van der Waals surface area contributed by atoms with Gasteiger partial charge in [0.15, 0.2) is 23.0 Å². The second kappa shape index (κ2) is 27.2. The van der Waals surface area contributed by atoms with Gasteiger partial charge in [0.2, 0.25) is 20.0 Å². The van der Waals surface area contributed by atoms with Crippen molar-refractivity contribution in [2.45, 2.75) is 77.9 Å². The van der Waals surface area contributed by atoms with Gasteiger partial charge in [-0.25, -0.2) is 26.3 Å². The lowest BCUT2D eigenvalue weighted by molar-refractivity contribution is 0.0557. The Labute approximate surface area is 505 Å². The van der Waals surface area contributed by atoms with Crippen LogP contribution in [0.5, 0.6) is 23.0 Å². The van der Waals surface area contributed by atoms with Gasteiger partial charge in [-0.3, -0.25) is 33.9 Å². The molecule has 3 N–H and O–H groups in total. The highest BCUT2D eigenvalue weighted by molar-refractivity contribution is 7.91. The molecule has 0 spiro atoms. The molecular formula is C61H72N8O12S4. The molecule has 6 aromatic rings. The van der Waals surface area contributed by atoms with Crippen molar-refractivity contribution in [3.8, 4) is 23.0 Å². The third-order valence-electron chi connectivity index (χ3n) is 16.4. The lowest BCUT2D eigenvalue weighted by Gasteiger charge is -2.39. The Hall–Kier alpha value is -6.90. The first-order valence-electron chi connectivity index (χ1n) is 28.6. The van der Waals surface area contributed by atoms with E-state index >= 15 is 0 Å². The number of methoxy groups -OCH3 is 4. The molecule has 1 aliphatic carbocycles. The standard InChI is InChI=1S/C33H40N4O6S2.C28H32N4O6S2/c1-42-28-15-14-23(22-29(28)43-2)26(12-6-16-34-45(40,41)30-13-7-21-44-30)37-32(38)25-10-5-11-27(31(25)33(37)39)36-19-17-35(18-20-36)24-8-3-4-9-24;1-37-23-11-10-19(18-24(23)38-2)21(8-4-12-30-40(35,36)25-9-5-17-39-25)32-27(33)20-6-3-7-22(26(20)28(32)34)31-15-13-29-14-16-31/h5,7,10-11,13-15,21-22,24,26,34H,3-4,6,8-9,12,16-20H2,1-2H3;3,5-7,9-11,17-18,21,29-30H,4,8,12-16H2,1-2H3/t26-;21-/m11/s1. The number of carbonyl (C=O) groups excluding carboxylic acids is 4. The zero-order chi connectivity index (χ0) is 59.8. The van der Waals surface area contributed by atoms with Crippen molar-refractivity contribution in [2.24, 2.45) is 0 Å². The minimum Gasteiger partial charge on any atom is -0.493 e. The first kappa shape index (κ1) is 61.2. The van der Waals surface area contributed by atoms with Crippen molar-refractivity contribution < 1.29 is 55.0 Å². The summed E-state index contributed by atoms with van der Waals surface area (Å²) in [5, 5.41) is 6.74. The smallest absolute Gasteiger partial charge is 0.264 e. The first-order chi connectivity index (χ1) is 41.2. The molecule has 452 valence electrons. The zero-order valence-corrected chi connectivity index (χ0v) is 51.4. The summed E-state index contributed by atoms with van der Waals surface area (Å²) >= 11 is 2.30. The Morgan fingerprint density at radius 2 is 0.965 bits per heavy atom. The molecule has 5 aliphatic rings. The van der Waals surface area contributed by atoms with E-state index in [0.717, 1.165) is 86.4 Å². The lowest BCUT2D eigenvalue weighted by Crippen LogP contribution is -2.50. The molecule has 1 saturated carbocycles. The van der Waals surface area contributed by atoms with E-state index in [9.17, 15) is 36.0 Å². The number of nitrogens with one attached hydrogen (secondary N) is 3. The highest BCUT2D eigenvalue weighted by Gasteiger charge is 2.45. The molecule has 4 amide bonds. The Balaban J connectivity index is 0.000000190. The average Bonchev–Trinajstić information content (AvgIpc) is 1.83. The molecule has 6 heterocycles. The minimum absolute atomic E-state index is 0.152. The normalized spacial score (nSPS) is 17.4. The van der Waals surface area contributed by atoms with Gasteiger partial charge in [0, 0.05) is 71.5 Å². The number of hydrogen-bond acceptors (Lipinski definition) is 18. The van der Waals surface area contributed by atoms with Crippen LogP contribution in [0.1, 0.15) is 116 Å². The third kappa shape index (κ3) is 13.1. The average molecular weight is 1240 g/mol. The fourth-order valence-corrected chi connectivity index (χ4v) is 16.4. The molecule has 0 unspecified atom stereocenters. The van der Waals surface area contributed by atoms with Crippen molar-refractivity contribution in [1.82, 2.24) is 29.5 Å². The molecule has 2 aromatic heterocycles. The number of imide groups is 2. The molecule has 4 aromatic carbocycles. The van der Waals surface area contributed by atoms with E-state index in [1.807, 2.05) is 36.4 Å². The molecule has 0 bridgehead atoms. The predicted octanol–water partition coefficient (Wildman–Crippen LogP) is 8.20. The van der Waals surface area contributed by atoms with Crippen LogP contribution in [0.25, 0.3) is 0 Å². The first-order valence-corrected chi connectivity index (χ1v) is 33.4. The van der Waals surface area contributed by atoms with Gasteiger partial charge in [-0.2, -0.15) is 0 Å². The van der Waals surface area contributed by atoms with E-state index in [4.69, 9.17) is 18.9 Å². The van der Waals surface area contributed by atoms with Crippen LogP contribution >= 0.6 is 22.7 Å². The third-order valence-corrected chi connectivity index (χ3v) is 22.1. The Morgan fingerprint density at radius 3 is 1.38 bits per heavy atom. The number of piperazine rings is 2. The number of fused-ring (bicyclic) bond motifs is 2. The molecule has 85 heavy (non-hydrogen) atoms. The van der Waals surface area contributed by atoms with Gasteiger partial charge in [-0.1, -0.05) is 49.2 Å². The van der Waals surface area contributed by atoms with Gasteiger partial charge in [0.05, 0.1) is 74.2 Å². The highest BCUT2D eigenvalue weighted by Crippen LogP contribution is 2.43. The lowest BCUT2D eigenvalue weighted by atomic mass is 9.99. The largest absolute Gasteiger partial charge is 0.493 e. The zero-order valence-electron chi connectivity index (χ0n) is 48.1. The highest BCUT2D eigenvalue weighted by atomic mass is 32.3. The summed E-state index contributed by atoms with van der Waals surface area (Å²) in [5.74, 6) is 0.617. The quantitative estimate of drug-likeness (QED) is 0.0406. The van der Waals surface area contributed by atoms with Gasteiger partial charge < -0.3 is 34.1 Å². The Morgan fingerprint density at radius 1 is 0.529 bits per heavy atom. The topological polar surface area (TPSA) is 226 Å². The molecule has 0 radical (unpaired) electrons. The monoisotopic (exact) mass is 1240 g/mol. The van der Waals surface area contributed by atoms with Gasteiger partial charge >= 0.3 is 0 Å². The number of carbonyl (C=O) groups is 4. The molecule has 4 aliphatic heterocycles. The van der Waals surface area contributed by atoms with Crippen LogP contribution in [0, 0.1) is 0 Å². The number of hydrogen-bond donors (Lipinski definition) is 3. The number of benzene rings is 4. The summed E-state index contributed by atoms with van der Waals surface area (Å²) in [6, 6.07) is 27.5. The number of ether oxygens (including phenoxy) is 4. The summed E-state index contributed by atoms with van der Waals surface area (Å²) in [7, 11) is -1.11. The van der Waals surface area contributed by atoms with Crippen LogP contribution in [0.4, 0.5) is 11.4 Å². The van der Waals surface area contributed by atoms with Crippen molar-refractivity contribution >= 4 is 77.7 Å². The SMILES string of the molecule is COc1ccc([C@@H](CCCNS(=O)(=O)c2cccs2)N2C(=O)c3cccc(N4CCN(C5CCCC5)CC4)c3C2=O)cc1OC.COc1ccc([C@@H](CCCNS(=O)(=O)c2cccs2)N2C(=O)c3cccc(N4CCNCC4)c3C2=O)cc1OC. The van der Waals surface area contributed by atoms with Crippen LogP contribution in [0.2, 0.25) is 0 Å². The molecule has 2 atom stereocenters. The van der Waals surface area contributed by atoms with Crippen LogP contribution in [0.15, 0.2) is 116 Å². The maximum atomic E-state index is 14.3. The number of anilines is 2. The van der Waals surface area contributed by atoms with E-state index < -0.39 is 32.1 Å². The summed E-state index contributed by atoms with van der Waals surface area (Å²) in [6.07, 6.45) is 6.59. The number of sulfonamides is 2. The molecule has 24 heteroatoms. The van der Waals surface area contributed by atoms with E-state index in [1.165, 1.54) is 56.8 Å². The maximum Gasteiger partial charge on any atom is 0.264 e. The van der Waals surface area contributed by atoms with Crippen LogP contribution in [-0.4, -0.2) is 155 Å². The molecule has 3 fully saturated rings. The van der Waals surface area contributed by atoms with E-state index in [-0.39, 0.29) is 45.1 Å². The molecular weight excluding hydrogens is 1160 g/mol. The molecule has 20 nitrogen and oxygen atoms in total. The molecule has 11 rings (SSSR count). The summed E-state index contributed by atoms with van der Waals surface area (Å²) < 4.78 is 78.2.